The molecule has 0 unspecified atom stereocenters. The Balaban J connectivity index is 2.74. The van der Waals surface area contributed by atoms with Crippen LogP contribution in [0.1, 0.15) is 25.5 Å². The van der Waals surface area contributed by atoms with Crippen LogP contribution >= 0.6 is 22.6 Å². The van der Waals surface area contributed by atoms with Crippen LogP contribution in [-0.2, 0) is 0 Å². The normalized spacial score (nSPS) is 11.4. The molecule has 68 valence electrons. The molecule has 2 aromatic rings. The first-order valence-electron chi connectivity index (χ1n) is 4.17. The number of aromatic nitrogens is 3. The van der Waals surface area contributed by atoms with Crippen molar-refractivity contribution in [2.24, 2.45) is 0 Å². The highest BCUT2D eigenvalue weighted by Crippen LogP contribution is 2.21. The van der Waals surface area contributed by atoms with Crippen molar-refractivity contribution >= 4 is 28.2 Å². The van der Waals surface area contributed by atoms with Gasteiger partial charge in [0.2, 0.25) is 0 Å². The largest absolute Gasteiger partial charge is 0.292 e. The van der Waals surface area contributed by atoms with E-state index >= 15 is 0 Å². The molecule has 2 rings (SSSR count). The Labute approximate surface area is 90.3 Å². The van der Waals surface area contributed by atoms with E-state index in [1.807, 2.05) is 6.20 Å². The van der Waals surface area contributed by atoms with E-state index in [9.17, 15) is 0 Å². The second-order valence-corrected chi connectivity index (χ2v) is 4.27. The smallest absolute Gasteiger partial charge is 0.156 e. The summed E-state index contributed by atoms with van der Waals surface area (Å²) >= 11 is 2.32. The van der Waals surface area contributed by atoms with Crippen molar-refractivity contribution in [2.75, 3.05) is 0 Å². The number of hydrogen-bond acceptors (Lipinski definition) is 2. The Morgan fingerprint density at radius 2 is 2.23 bits per heavy atom. The molecule has 0 radical (unpaired) electrons. The minimum atomic E-state index is 0.465. The van der Waals surface area contributed by atoms with Gasteiger partial charge in [-0.15, -0.1) is 0 Å². The molecular weight excluding hydrogens is 277 g/mol. The molecule has 13 heavy (non-hydrogen) atoms. The maximum absolute atomic E-state index is 4.50. The summed E-state index contributed by atoms with van der Waals surface area (Å²) in [5, 5.41) is 0. The fourth-order valence-electron chi connectivity index (χ4n) is 1.26. The molecule has 0 fully saturated rings. The van der Waals surface area contributed by atoms with Gasteiger partial charge in [0.1, 0.15) is 3.70 Å². The van der Waals surface area contributed by atoms with Crippen LogP contribution in [-0.4, -0.2) is 14.4 Å². The summed E-state index contributed by atoms with van der Waals surface area (Å²) in [4.78, 5) is 8.54. The Bertz CT molecular complexity index is 433. The zero-order valence-electron chi connectivity index (χ0n) is 7.53. The van der Waals surface area contributed by atoms with Gasteiger partial charge in [-0.3, -0.25) is 9.38 Å². The van der Waals surface area contributed by atoms with Gasteiger partial charge in [-0.2, -0.15) is 0 Å². The van der Waals surface area contributed by atoms with Gasteiger partial charge in [0, 0.05) is 12.4 Å². The first-order valence-corrected chi connectivity index (χ1v) is 5.25. The number of nitrogens with zero attached hydrogens (tertiary/aromatic N) is 3. The topological polar surface area (TPSA) is 30.2 Å². The Hall–Kier alpha value is -0.650. The molecular formula is C9H10IN3. The van der Waals surface area contributed by atoms with Gasteiger partial charge in [0.05, 0.1) is 11.9 Å². The maximum atomic E-state index is 4.50. The van der Waals surface area contributed by atoms with Gasteiger partial charge in [-0.1, -0.05) is 13.8 Å². The van der Waals surface area contributed by atoms with Crippen molar-refractivity contribution in [1.29, 1.82) is 0 Å². The third-order valence-corrected chi connectivity index (χ3v) is 3.02. The fourth-order valence-corrected chi connectivity index (χ4v) is 2.41. The zero-order chi connectivity index (χ0) is 9.42. The van der Waals surface area contributed by atoms with Crippen LogP contribution in [0.15, 0.2) is 18.6 Å². The van der Waals surface area contributed by atoms with Crippen LogP contribution < -0.4 is 0 Å². The lowest BCUT2D eigenvalue weighted by molar-refractivity contribution is 0.825. The highest BCUT2D eigenvalue weighted by atomic mass is 127. The van der Waals surface area contributed by atoms with Crippen molar-refractivity contribution < 1.29 is 0 Å². The first-order chi connectivity index (χ1) is 6.20. The Kier molecular flexibility index (Phi) is 2.23. The minimum Gasteiger partial charge on any atom is -0.292 e. The van der Waals surface area contributed by atoms with Crippen molar-refractivity contribution in [3.63, 3.8) is 0 Å². The van der Waals surface area contributed by atoms with E-state index in [1.54, 1.807) is 12.4 Å². The van der Waals surface area contributed by atoms with Crippen molar-refractivity contribution in [1.82, 2.24) is 14.4 Å². The predicted octanol–water partition coefficient (Wildman–Crippen LogP) is 2.46. The molecule has 2 heterocycles. The van der Waals surface area contributed by atoms with Gasteiger partial charge in [0.15, 0.2) is 5.65 Å². The summed E-state index contributed by atoms with van der Waals surface area (Å²) in [5.74, 6) is 0.465. The summed E-state index contributed by atoms with van der Waals surface area (Å²) in [6, 6.07) is 0. The lowest BCUT2D eigenvalue weighted by atomic mass is 10.2. The highest BCUT2D eigenvalue weighted by molar-refractivity contribution is 14.1. The van der Waals surface area contributed by atoms with Crippen LogP contribution in [0.2, 0.25) is 0 Å². The van der Waals surface area contributed by atoms with Crippen LogP contribution in [0.5, 0.6) is 0 Å². The third kappa shape index (κ3) is 1.43. The number of hydrogen-bond donors (Lipinski definition) is 0. The van der Waals surface area contributed by atoms with E-state index in [4.69, 9.17) is 0 Å². The van der Waals surface area contributed by atoms with E-state index in [0.29, 0.717) is 5.92 Å². The molecule has 0 aliphatic heterocycles. The van der Waals surface area contributed by atoms with E-state index < -0.39 is 0 Å². The second-order valence-electron chi connectivity index (χ2n) is 3.25. The van der Waals surface area contributed by atoms with E-state index in [-0.39, 0.29) is 0 Å². The summed E-state index contributed by atoms with van der Waals surface area (Å²) in [5.41, 5.74) is 2.07. The standard InChI is InChI=1S/C9H10IN3/c1-6(2)8-9(10)13-4-3-11-5-7(13)12-8/h3-6H,1-2H3. The van der Waals surface area contributed by atoms with Gasteiger partial charge in [0.25, 0.3) is 0 Å². The highest BCUT2D eigenvalue weighted by Gasteiger charge is 2.11. The number of rotatable bonds is 1. The summed E-state index contributed by atoms with van der Waals surface area (Å²) in [6.07, 6.45) is 5.50. The van der Waals surface area contributed by atoms with Crippen LogP contribution in [0.25, 0.3) is 5.65 Å². The Morgan fingerprint density at radius 1 is 1.46 bits per heavy atom. The van der Waals surface area contributed by atoms with Crippen LogP contribution in [0.3, 0.4) is 0 Å². The zero-order valence-corrected chi connectivity index (χ0v) is 9.69. The molecule has 0 aromatic carbocycles. The van der Waals surface area contributed by atoms with Crippen molar-refractivity contribution in [3.8, 4) is 0 Å². The minimum absolute atomic E-state index is 0.465. The third-order valence-electron chi connectivity index (χ3n) is 1.94. The monoisotopic (exact) mass is 287 g/mol. The lowest BCUT2D eigenvalue weighted by Crippen LogP contribution is -1.91. The molecule has 0 saturated heterocycles. The summed E-state index contributed by atoms with van der Waals surface area (Å²) in [6.45, 7) is 4.30. The fraction of sp³-hybridized carbons (Fsp3) is 0.333. The molecule has 0 aliphatic rings. The van der Waals surface area contributed by atoms with Gasteiger partial charge in [-0.05, 0) is 28.5 Å². The van der Waals surface area contributed by atoms with Gasteiger partial charge >= 0.3 is 0 Å². The average molecular weight is 287 g/mol. The number of fused-ring (bicyclic) bond motifs is 1. The molecule has 0 bridgehead atoms. The molecule has 0 N–H and O–H groups in total. The molecule has 2 aromatic heterocycles. The van der Waals surface area contributed by atoms with Gasteiger partial charge < -0.3 is 0 Å². The molecule has 0 atom stereocenters. The van der Waals surface area contributed by atoms with E-state index in [0.717, 1.165) is 11.3 Å². The molecule has 0 amide bonds. The number of imidazole rings is 1. The number of halogens is 1. The second kappa shape index (κ2) is 3.25. The lowest BCUT2D eigenvalue weighted by Gasteiger charge is -1.99. The molecule has 0 spiro atoms. The van der Waals surface area contributed by atoms with Gasteiger partial charge in [-0.25, -0.2) is 4.98 Å². The molecule has 4 heteroatoms. The molecule has 0 saturated carbocycles. The van der Waals surface area contributed by atoms with E-state index in [2.05, 4.69) is 50.8 Å². The summed E-state index contributed by atoms with van der Waals surface area (Å²) < 4.78 is 3.24. The molecule has 0 aliphatic carbocycles. The van der Waals surface area contributed by atoms with Crippen molar-refractivity contribution in [3.05, 3.63) is 28.0 Å². The van der Waals surface area contributed by atoms with Crippen molar-refractivity contribution in [2.45, 2.75) is 19.8 Å². The first kappa shape index (κ1) is 8.93. The Morgan fingerprint density at radius 3 is 2.85 bits per heavy atom. The van der Waals surface area contributed by atoms with Crippen LogP contribution in [0.4, 0.5) is 0 Å². The summed E-state index contributed by atoms with van der Waals surface area (Å²) in [7, 11) is 0. The van der Waals surface area contributed by atoms with E-state index in [1.165, 1.54) is 3.70 Å². The molecule has 3 nitrogen and oxygen atoms in total. The predicted molar refractivity (Wildman–Crippen MR) is 59.8 cm³/mol. The quantitative estimate of drug-likeness (QED) is 0.754. The average Bonchev–Trinajstić information content (AvgIpc) is 2.45. The van der Waals surface area contributed by atoms with Crippen LogP contribution in [0, 0.1) is 3.70 Å². The maximum Gasteiger partial charge on any atom is 0.156 e. The SMILES string of the molecule is CC(C)c1nc2cnccn2c1I.